The first-order valence-corrected chi connectivity index (χ1v) is 5.09. The van der Waals surface area contributed by atoms with Crippen LogP contribution in [-0.2, 0) is 0 Å². The van der Waals surface area contributed by atoms with Crippen molar-refractivity contribution in [3.63, 3.8) is 0 Å². The molecule has 0 spiro atoms. The van der Waals surface area contributed by atoms with Gasteiger partial charge in [-0.05, 0) is 12.3 Å². The molecule has 0 aliphatic rings. The van der Waals surface area contributed by atoms with Gasteiger partial charge in [0.25, 0.3) is 0 Å². The topological polar surface area (TPSA) is 0 Å². The summed E-state index contributed by atoms with van der Waals surface area (Å²) in [4.78, 5) is 0. The molecule has 1 heteroatoms. The Bertz CT molecular complexity index is 89.5. The minimum atomic E-state index is 0.233. The lowest BCUT2D eigenvalue weighted by Gasteiger charge is -2.16. The van der Waals surface area contributed by atoms with Crippen LogP contribution in [0.25, 0.3) is 0 Å². The van der Waals surface area contributed by atoms with E-state index in [-0.39, 0.29) is 4.75 Å². The molecule has 0 atom stereocenters. The van der Waals surface area contributed by atoms with Crippen molar-refractivity contribution in [3.8, 4) is 0 Å². The average molecular weight is 174 g/mol. The zero-order valence-corrected chi connectivity index (χ0v) is 9.25. The van der Waals surface area contributed by atoms with E-state index >= 15 is 0 Å². The van der Waals surface area contributed by atoms with Gasteiger partial charge in [-0.3, -0.25) is 0 Å². The van der Waals surface area contributed by atoms with Crippen molar-refractivity contribution in [2.24, 2.45) is 5.92 Å². The molecular weight excluding hydrogens is 152 g/mol. The van der Waals surface area contributed by atoms with E-state index in [1.807, 2.05) is 0 Å². The van der Waals surface area contributed by atoms with E-state index < -0.39 is 0 Å². The maximum absolute atomic E-state index is 4.48. The summed E-state index contributed by atoms with van der Waals surface area (Å²) in [6.07, 6.45) is 5.29. The molecule has 0 nitrogen and oxygen atoms in total. The largest absolute Gasteiger partial charge is 0.173 e. The molecule has 68 valence electrons. The van der Waals surface area contributed by atoms with Gasteiger partial charge in [-0.15, -0.1) is 0 Å². The lowest BCUT2D eigenvalue weighted by Crippen LogP contribution is -2.09. The van der Waals surface area contributed by atoms with Crippen LogP contribution >= 0.6 is 12.6 Å². The summed E-state index contributed by atoms with van der Waals surface area (Å²) in [6.45, 7) is 8.94. The smallest absolute Gasteiger partial charge is 0.00731 e. The number of hydrogen-bond donors (Lipinski definition) is 1. The van der Waals surface area contributed by atoms with Gasteiger partial charge < -0.3 is 0 Å². The van der Waals surface area contributed by atoms with Gasteiger partial charge in [0, 0.05) is 4.75 Å². The summed E-state index contributed by atoms with van der Waals surface area (Å²) >= 11 is 4.48. The van der Waals surface area contributed by atoms with Crippen LogP contribution in [0.3, 0.4) is 0 Å². The van der Waals surface area contributed by atoms with Crippen LogP contribution in [0.15, 0.2) is 0 Å². The molecular formula is C10H22S. The molecule has 0 N–H and O–H groups in total. The molecule has 0 amide bonds. The third kappa shape index (κ3) is 10.4. The number of hydrogen-bond acceptors (Lipinski definition) is 1. The molecule has 0 saturated heterocycles. The first-order valence-electron chi connectivity index (χ1n) is 4.64. The number of rotatable bonds is 5. The molecule has 11 heavy (non-hydrogen) atoms. The SMILES string of the molecule is CC(C)CCCCC(C)(C)S. The Kier molecular flexibility index (Phi) is 5.24. The summed E-state index contributed by atoms with van der Waals surface area (Å²) in [5.74, 6) is 0.859. The summed E-state index contributed by atoms with van der Waals surface area (Å²) < 4.78 is 0.233. The van der Waals surface area contributed by atoms with Gasteiger partial charge in [0.15, 0.2) is 0 Å². The summed E-state index contributed by atoms with van der Waals surface area (Å²) in [7, 11) is 0. The van der Waals surface area contributed by atoms with E-state index in [1.54, 1.807) is 0 Å². The van der Waals surface area contributed by atoms with Gasteiger partial charge in [-0.25, -0.2) is 0 Å². The van der Waals surface area contributed by atoms with Gasteiger partial charge in [-0.2, -0.15) is 12.6 Å². The van der Waals surface area contributed by atoms with Crippen molar-refractivity contribution >= 4 is 12.6 Å². The first-order chi connectivity index (χ1) is 4.92. The van der Waals surface area contributed by atoms with Gasteiger partial charge in [0.2, 0.25) is 0 Å². The van der Waals surface area contributed by atoms with E-state index in [4.69, 9.17) is 0 Å². The highest BCUT2D eigenvalue weighted by Gasteiger charge is 2.09. The van der Waals surface area contributed by atoms with Crippen molar-refractivity contribution < 1.29 is 0 Å². The first kappa shape index (κ1) is 11.4. The Hall–Kier alpha value is 0.350. The molecule has 0 aliphatic heterocycles. The normalized spacial score (nSPS) is 12.5. The van der Waals surface area contributed by atoms with Crippen LogP contribution in [0.2, 0.25) is 0 Å². The van der Waals surface area contributed by atoms with Gasteiger partial charge in [-0.1, -0.05) is 47.0 Å². The fourth-order valence-corrected chi connectivity index (χ4v) is 1.27. The lowest BCUT2D eigenvalue weighted by molar-refractivity contribution is 0.502. The highest BCUT2D eigenvalue weighted by molar-refractivity contribution is 7.81. The zero-order valence-electron chi connectivity index (χ0n) is 8.35. The third-order valence-electron chi connectivity index (χ3n) is 1.82. The molecule has 0 aliphatic carbocycles. The third-order valence-corrected chi connectivity index (χ3v) is 2.04. The van der Waals surface area contributed by atoms with E-state index in [0.717, 1.165) is 5.92 Å². The van der Waals surface area contributed by atoms with Gasteiger partial charge in [0.1, 0.15) is 0 Å². The molecule has 0 bridgehead atoms. The van der Waals surface area contributed by atoms with Crippen molar-refractivity contribution in [2.75, 3.05) is 0 Å². The second-order valence-corrected chi connectivity index (χ2v) is 5.66. The highest BCUT2D eigenvalue weighted by atomic mass is 32.1. The van der Waals surface area contributed by atoms with E-state index in [2.05, 4.69) is 40.3 Å². The monoisotopic (exact) mass is 174 g/mol. The molecule has 0 rings (SSSR count). The van der Waals surface area contributed by atoms with Crippen LogP contribution < -0.4 is 0 Å². The van der Waals surface area contributed by atoms with E-state index in [0.29, 0.717) is 0 Å². The molecule has 0 unspecified atom stereocenters. The summed E-state index contributed by atoms with van der Waals surface area (Å²) in [6, 6.07) is 0. The molecule has 0 aromatic rings. The quantitative estimate of drug-likeness (QED) is 0.474. The minimum absolute atomic E-state index is 0.233. The Labute approximate surface area is 77.2 Å². The molecule has 0 radical (unpaired) electrons. The van der Waals surface area contributed by atoms with Crippen LogP contribution in [0.5, 0.6) is 0 Å². The number of unbranched alkanes of at least 4 members (excludes halogenated alkanes) is 1. The van der Waals surface area contributed by atoms with Gasteiger partial charge in [0.05, 0.1) is 0 Å². The molecule has 0 heterocycles. The Morgan fingerprint density at radius 3 is 2.09 bits per heavy atom. The van der Waals surface area contributed by atoms with E-state index in [1.165, 1.54) is 25.7 Å². The second kappa shape index (κ2) is 5.08. The van der Waals surface area contributed by atoms with E-state index in [9.17, 15) is 0 Å². The van der Waals surface area contributed by atoms with Crippen LogP contribution in [0.4, 0.5) is 0 Å². The Balaban J connectivity index is 3.15. The summed E-state index contributed by atoms with van der Waals surface area (Å²) in [5, 5.41) is 0. The predicted molar refractivity (Wildman–Crippen MR) is 56.4 cm³/mol. The Morgan fingerprint density at radius 2 is 1.73 bits per heavy atom. The van der Waals surface area contributed by atoms with Crippen molar-refractivity contribution in [1.82, 2.24) is 0 Å². The zero-order chi connectivity index (χ0) is 8.91. The predicted octanol–water partition coefficient (Wildman–Crippen LogP) is 3.91. The minimum Gasteiger partial charge on any atom is -0.173 e. The van der Waals surface area contributed by atoms with Crippen LogP contribution in [0.1, 0.15) is 53.4 Å². The maximum atomic E-state index is 4.48. The molecule has 0 aromatic heterocycles. The van der Waals surface area contributed by atoms with Crippen molar-refractivity contribution in [3.05, 3.63) is 0 Å². The second-order valence-electron chi connectivity index (χ2n) is 4.45. The molecule has 0 saturated carbocycles. The fourth-order valence-electron chi connectivity index (χ4n) is 1.11. The average Bonchev–Trinajstić information content (AvgIpc) is 1.78. The molecule has 0 aromatic carbocycles. The lowest BCUT2D eigenvalue weighted by atomic mass is 10.0. The standard InChI is InChI=1S/C10H22S/c1-9(2)7-5-6-8-10(3,4)11/h9,11H,5-8H2,1-4H3. The van der Waals surface area contributed by atoms with Crippen LogP contribution in [0, 0.1) is 5.92 Å². The maximum Gasteiger partial charge on any atom is 0.00731 e. The van der Waals surface area contributed by atoms with Crippen molar-refractivity contribution in [1.29, 1.82) is 0 Å². The fraction of sp³-hybridized carbons (Fsp3) is 1.00. The highest BCUT2D eigenvalue weighted by Crippen LogP contribution is 2.21. The van der Waals surface area contributed by atoms with Crippen molar-refractivity contribution in [2.45, 2.75) is 58.1 Å². The van der Waals surface area contributed by atoms with Crippen LogP contribution in [-0.4, -0.2) is 4.75 Å². The number of thiol groups is 1. The Morgan fingerprint density at radius 1 is 1.18 bits per heavy atom. The molecule has 0 fully saturated rings. The summed E-state index contributed by atoms with van der Waals surface area (Å²) in [5.41, 5.74) is 0. The van der Waals surface area contributed by atoms with Gasteiger partial charge >= 0.3 is 0 Å².